The fraction of sp³-hybridized carbons (Fsp3) is 0.500. The van der Waals surface area contributed by atoms with Crippen LogP contribution in [0.3, 0.4) is 0 Å². The number of nitrogens with zero attached hydrogens (tertiary/aromatic N) is 8. The van der Waals surface area contributed by atoms with Crippen LogP contribution in [0.2, 0.25) is 0 Å². The SMILES string of the molecule is CCc1ncn(CC(=O)N2CCN(c3sc(C(F)(F)F)nc3-c3cnc(C(F)(F)F)nc3)C[C@@H]2CO)n1. The smallest absolute Gasteiger partial charge is 0.394 e. The molecule has 1 amide bonds. The summed E-state index contributed by atoms with van der Waals surface area (Å²) in [6, 6.07) is -0.761. The highest BCUT2D eigenvalue weighted by atomic mass is 32.1. The van der Waals surface area contributed by atoms with Crippen molar-refractivity contribution in [2.75, 3.05) is 31.1 Å². The quantitative estimate of drug-likeness (QED) is 0.466. The van der Waals surface area contributed by atoms with Crippen LogP contribution in [0.25, 0.3) is 11.3 Å². The molecule has 3 aromatic heterocycles. The van der Waals surface area contributed by atoms with Crippen molar-refractivity contribution in [2.24, 2.45) is 0 Å². The molecule has 0 radical (unpaired) electrons. The van der Waals surface area contributed by atoms with E-state index in [1.807, 2.05) is 6.92 Å². The van der Waals surface area contributed by atoms with Gasteiger partial charge >= 0.3 is 12.4 Å². The van der Waals surface area contributed by atoms with E-state index < -0.39 is 35.8 Å². The van der Waals surface area contributed by atoms with Crippen LogP contribution in [-0.4, -0.2) is 77.9 Å². The molecule has 1 fully saturated rings. The number of carbonyl (C=O) groups excluding carboxylic acids is 1. The number of rotatable bonds is 6. The van der Waals surface area contributed by atoms with Crippen LogP contribution in [-0.2, 0) is 30.1 Å². The number of carbonyl (C=O) groups is 1. The molecule has 1 N–H and O–H groups in total. The third kappa shape index (κ3) is 5.82. The second-order valence-electron chi connectivity index (χ2n) is 8.05. The van der Waals surface area contributed by atoms with E-state index in [-0.39, 0.29) is 48.3 Å². The van der Waals surface area contributed by atoms with E-state index in [4.69, 9.17) is 0 Å². The molecule has 0 saturated carbocycles. The van der Waals surface area contributed by atoms with E-state index in [9.17, 15) is 36.2 Å². The van der Waals surface area contributed by atoms with E-state index >= 15 is 0 Å². The van der Waals surface area contributed by atoms with Gasteiger partial charge in [-0.05, 0) is 0 Å². The first-order valence-corrected chi connectivity index (χ1v) is 11.7. The molecule has 0 unspecified atom stereocenters. The summed E-state index contributed by atoms with van der Waals surface area (Å²) < 4.78 is 80.3. The van der Waals surface area contributed by atoms with Gasteiger partial charge in [-0.25, -0.2) is 24.6 Å². The number of aliphatic hydroxyl groups excluding tert-OH is 1. The van der Waals surface area contributed by atoms with E-state index in [1.54, 1.807) is 0 Å². The van der Waals surface area contributed by atoms with Crippen molar-refractivity contribution in [3.05, 3.63) is 35.4 Å². The Morgan fingerprint density at radius 2 is 1.81 bits per heavy atom. The predicted molar refractivity (Wildman–Crippen MR) is 117 cm³/mol. The molecule has 3 aromatic rings. The van der Waals surface area contributed by atoms with E-state index in [0.717, 1.165) is 12.4 Å². The summed E-state index contributed by atoms with van der Waals surface area (Å²) in [4.78, 5) is 29.9. The highest BCUT2D eigenvalue weighted by Gasteiger charge is 2.39. The summed E-state index contributed by atoms with van der Waals surface area (Å²) in [7, 11) is 0. The van der Waals surface area contributed by atoms with Crippen molar-refractivity contribution in [2.45, 2.75) is 38.3 Å². The summed E-state index contributed by atoms with van der Waals surface area (Å²) in [5, 5.41) is 12.9. The van der Waals surface area contributed by atoms with Gasteiger partial charge in [-0.1, -0.05) is 18.3 Å². The number of hydrogen-bond donors (Lipinski definition) is 1. The summed E-state index contributed by atoms with van der Waals surface area (Å²) >= 11 is 0.312. The Morgan fingerprint density at radius 1 is 1.11 bits per heavy atom. The number of hydrogen-bond acceptors (Lipinski definition) is 9. The third-order valence-electron chi connectivity index (χ3n) is 5.53. The molecule has 1 aliphatic heterocycles. The molecule has 1 aliphatic rings. The van der Waals surface area contributed by atoms with Gasteiger partial charge in [0.2, 0.25) is 16.7 Å². The van der Waals surface area contributed by atoms with Crippen LogP contribution in [0.15, 0.2) is 18.7 Å². The van der Waals surface area contributed by atoms with Crippen LogP contribution in [0, 0.1) is 0 Å². The van der Waals surface area contributed by atoms with Crippen molar-refractivity contribution in [3.8, 4) is 11.3 Å². The topological polar surface area (TPSA) is 113 Å². The largest absolute Gasteiger partial charge is 0.451 e. The number of aliphatic hydroxyl groups is 1. The average molecular weight is 550 g/mol. The summed E-state index contributed by atoms with van der Waals surface area (Å²) in [5.74, 6) is -1.24. The van der Waals surface area contributed by atoms with Gasteiger partial charge in [0.15, 0.2) is 0 Å². The van der Waals surface area contributed by atoms with E-state index in [0.29, 0.717) is 23.6 Å². The van der Waals surface area contributed by atoms with Crippen LogP contribution in [0.5, 0.6) is 0 Å². The first-order valence-electron chi connectivity index (χ1n) is 10.9. The molecule has 0 spiro atoms. The fourth-order valence-electron chi connectivity index (χ4n) is 3.76. The lowest BCUT2D eigenvalue weighted by Crippen LogP contribution is -2.57. The van der Waals surface area contributed by atoms with Gasteiger partial charge in [0.05, 0.1) is 12.6 Å². The maximum Gasteiger partial charge on any atom is 0.451 e. The minimum atomic E-state index is -4.82. The highest BCUT2D eigenvalue weighted by Crippen LogP contribution is 2.43. The van der Waals surface area contributed by atoms with Gasteiger partial charge in [-0.3, -0.25) is 4.79 Å². The average Bonchev–Trinajstić information content (AvgIpc) is 3.50. The van der Waals surface area contributed by atoms with Crippen molar-refractivity contribution in [1.82, 2.24) is 34.6 Å². The maximum absolute atomic E-state index is 13.5. The maximum atomic E-state index is 13.5. The zero-order valence-electron chi connectivity index (χ0n) is 19.2. The Balaban J connectivity index is 1.58. The van der Waals surface area contributed by atoms with Gasteiger partial charge in [-0.15, -0.1) is 0 Å². The normalized spacial score (nSPS) is 16.9. The third-order valence-corrected chi connectivity index (χ3v) is 6.69. The zero-order chi connectivity index (χ0) is 27.0. The predicted octanol–water partition coefficient (Wildman–Crippen LogP) is 2.50. The van der Waals surface area contributed by atoms with Crippen molar-refractivity contribution in [3.63, 3.8) is 0 Å². The number of aromatic nitrogens is 6. The number of piperazine rings is 1. The number of anilines is 1. The Hall–Kier alpha value is -3.34. The first kappa shape index (κ1) is 26.7. The van der Waals surface area contributed by atoms with E-state index in [2.05, 4.69) is 25.0 Å². The minimum Gasteiger partial charge on any atom is -0.394 e. The Morgan fingerprint density at radius 3 is 2.38 bits per heavy atom. The first-order chi connectivity index (χ1) is 17.4. The van der Waals surface area contributed by atoms with Gasteiger partial charge in [0, 0.05) is 44.0 Å². The second kappa shape index (κ2) is 10.2. The summed E-state index contributed by atoms with van der Waals surface area (Å²) in [6.07, 6.45) is -6.09. The molecule has 4 rings (SSSR count). The van der Waals surface area contributed by atoms with Crippen LogP contribution in [0.1, 0.15) is 23.6 Å². The molecule has 0 aliphatic carbocycles. The van der Waals surface area contributed by atoms with Crippen molar-refractivity contribution in [1.29, 1.82) is 0 Å². The highest BCUT2D eigenvalue weighted by molar-refractivity contribution is 7.16. The number of alkyl halides is 6. The molecule has 1 saturated heterocycles. The molecule has 0 aromatic carbocycles. The van der Waals surface area contributed by atoms with Crippen LogP contribution in [0.4, 0.5) is 31.3 Å². The van der Waals surface area contributed by atoms with Crippen LogP contribution >= 0.6 is 11.3 Å². The van der Waals surface area contributed by atoms with Crippen molar-refractivity contribution < 1.29 is 36.2 Å². The molecule has 37 heavy (non-hydrogen) atoms. The fourth-order valence-corrected chi connectivity index (χ4v) is 4.75. The molecule has 17 heteroatoms. The standard InChI is InChI=1S/C20H20F6N8O2S/c1-2-13-29-10-33(31-13)8-14(36)34-4-3-32(7-12(34)9-35)16-15(30-18(37-16)20(24,25)26)11-5-27-17(28-6-11)19(21,22)23/h5-6,10,12,35H,2-4,7-9H2,1H3/t12-/m1/s1. The lowest BCUT2D eigenvalue weighted by atomic mass is 10.1. The molecule has 200 valence electrons. The zero-order valence-corrected chi connectivity index (χ0v) is 20.0. The monoisotopic (exact) mass is 550 g/mol. The molecule has 0 bridgehead atoms. The van der Waals surface area contributed by atoms with Crippen molar-refractivity contribution >= 4 is 22.2 Å². The lowest BCUT2D eigenvalue weighted by molar-refractivity contribution is -0.145. The number of aryl methyl sites for hydroxylation is 1. The molecular formula is C20H20F6N8O2S. The van der Waals surface area contributed by atoms with Gasteiger partial charge < -0.3 is 14.9 Å². The van der Waals surface area contributed by atoms with E-state index in [1.165, 1.54) is 20.8 Å². The van der Waals surface area contributed by atoms with Gasteiger partial charge in [0.1, 0.15) is 29.4 Å². The molecule has 4 heterocycles. The molecular weight excluding hydrogens is 530 g/mol. The second-order valence-corrected chi connectivity index (χ2v) is 9.02. The molecule has 10 nitrogen and oxygen atoms in total. The van der Waals surface area contributed by atoms with Gasteiger partial charge in [0.25, 0.3) is 0 Å². The Kier molecular flexibility index (Phi) is 7.36. The van der Waals surface area contributed by atoms with Gasteiger partial charge in [-0.2, -0.15) is 31.4 Å². The Labute approximate surface area is 209 Å². The minimum absolute atomic E-state index is 0.0186. The Bertz CT molecular complexity index is 1240. The number of thiazole rings is 1. The summed E-state index contributed by atoms with van der Waals surface area (Å²) in [5.41, 5.74) is -0.371. The lowest BCUT2D eigenvalue weighted by Gasteiger charge is -2.41. The summed E-state index contributed by atoms with van der Waals surface area (Å²) in [6.45, 7) is 1.39. The number of amides is 1. The number of halogens is 6. The molecule has 1 atom stereocenters. The van der Waals surface area contributed by atoms with Crippen LogP contribution < -0.4 is 4.90 Å².